The van der Waals surface area contributed by atoms with Gasteiger partial charge in [0.1, 0.15) is 6.07 Å². The first-order valence-electron chi connectivity index (χ1n) is 7.25. The fraction of sp³-hybridized carbons (Fsp3) is 0.500. The predicted octanol–water partition coefficient (Wildman–Crippen LogP) is 2.87. The van der Waals surface area contributed by atoms with Gasteiger partial charge in [0.15, 0.2) is 0 Å². The van der Waals surface area contributed by atoms with E-state index in [2.05, 4.69) is 0 Å². The van der Waals surface area contributed by atoms with Crippen LogP contribution in [0.4, 0.5) is 5.69 Å². The third kappa shape index (κ3) is 2.21. The Balaban J connectivity index is 1.99. The monoisotopic (exact) mass is 304 g/mol. The lowest BCUT2D eigenvalue weighted by Crippen LogP contribution is -2.46. The number of rotatable bonds is 3. The minimum atomic E-state index is -0.924. The highest BCUT2D eigenvalue weighted by Gasteiger charge is 2.57. The molecule has 1 aromatic rings. The summed E-state index contributed by atoms with van der Waals surface area (Å²) in [6.07, 6.45) is 2.84. The van der Waals surface area contributed by atoms with Gasteiger partial charge in [0, 0.05) is 5.69 Å². The Morgan fingerprint density at radius 3 is 2.76 bits per heavy atom. The molecule has 21 heavy (non-hydrogen) atoms. The molecule has 110 valence electrons. The van der Waals surface area contributed by atoms with Crippen LogP contribution in [-0.2, 0) is 4.79 Å². The molecule has 0 aromatic heterocycles. The Kier molecular flexibility index (Phi) is 3.43. The number of aliphatic hydroxyl groups is 1. The number of carbonyl (C=O) groups excluding carboxylic acids is 1. The first-order valence-corrected chi connectivity index (χ1v) is 7.63. The van der Waals surface area contributed by atoms with Gasteiger partial charge in [-0.1, -0.05) is 18.5 Å². The van der Waals surface area contributed by atoms with E-state index in [1.165, 1.54) is 0 Å². The first-order chi connectivity index (χ1) is 10.0. The fourth-order valence-electron chi connectivity index (χ4n) is 3.45. The van der Waals surface area contributed by atoms with Gasteiger partial charge < -0.3 is 10.0 Å². The highest BCUT2D eigenvalue weighted by atomic mass is 35.5. The number of nitrogens with zero attached hydrogens (tertiary/aromatic N) is 2. The number of amides is 1. The van der Waals surface area contributed by atoms with Gasteiger partial charge in [0.25, 0.3) is 0 Å². The molecule has 4 nitrogen and oxygen atoms in total. The number of halogens is 1. The van der Waals surface area contributed by atoms with Gasteiger partial charge in [0.2, 0.25) is 5.91 Å². The van der Waals surface area contributed by atoms with Gasteiger partial charge in [-0.2, -0.15) is 5.26 Å². The van der Waals surface area contributed by atoms with Crippen LogP contribution in [0.5, 0.6) is 0 Å². The first kappa shape index (κ1) is 14.4. The van der Waals surface area contributed by atoms with Gasteiger partial charge in [0.05, 0.1) is 28.6 Å². The molecule has 1 amide bonds. The summed E-state index contributed by atoms with van der Waals surface area (Å²) in [5, 5.41) is 20.2. The second kappa shape index (κ2) is 5.01. The van der Waals surface area contributed by atoms with Crippen LogP contribution in [0, 0.1) is 17.2 Å². The van der Waals surface area contributed by atoms with E-state index in [1.807, 2.05) is 13.0 Å². The molecule has 5 heteroatoms. The minimum Gasteiger partial charge on any atom is -0.387 e. The average molecular weight is 305 g/mol. The van der Waals surface area contributed by atoms with Gasteiger partial charge >= 0.3 is 0 Å². The number of anilines is 1. The maximum absolute atomic E-state index is 12.4. The van der Waals surface area contributed by atoms with Crippen molar-refractivity contribution in [1.82, 2.24) is 0 Å². The quantitative estimate of drug-likeness (QED) is 0.934. The molecule has 2 atom stereocenters. The Labute approximate surface area is 128 Å². The molecule has 1 saturated carbocycles. The van der Waals surface area contributed by atoms with E-state index in [4.69, 9.17) is 16.9 Å². The zero-order valence-corrected chi connectivity index (χ0v) is 12.6. The van der Waals surface area contributed by atoms with E-state index >= 15 is 0 Å². The highest BCUT2D eigenvalue weighted by Crippen LogP contribution is 2.50. The van der Waals surface area contributed by atoms with Crippen molar-refractivity contribution in [3.05, 3.63) is 28.8 Å². The topological polar surface area (TPSA) is 64.3 Å². The van der Waals surface area contributed by atoms with Crippen molar-refractivity contribution in [2.24, 2.45) is 5.92 Å². The van der Waals surface area contributed by atoms with E-state index in [1.54, 1.807) is 23.1 Å². The fourth-order valence-corrected chi connectivity index (χ4v) is 3.66. The van der Waals surface area contributed by atoms with Crippen molar-refractivity contribution in [1.29, 1.82) is 5.26 Å². The summed E-state index contributed by atoms with van der Waals surface area (Å²) in [4.78, 5) is 14.1. The molecule has 1 heterocycles. The summed E-state index contributed by atoms with van der Waals surface area (Å²) < 4.78 is 0. The van der Waals surface area contributed by atoms with Crippen LogP contribution < -0.4 is 4.90 Å². The van der Waals surface area contributed by atoms with Crippen LogP contribution in [0.2, 0.25) is 5.02 Å². The number of hydrogen-bond donors (Lipinski definition) is 1. The molecule has 1 aliphatic carbocycles. The summed E-state index contributed by atoms with van der Waals surface area (Å²) >= 11 is 6.07. The number of carbonyl (C=O) groups is 1. The third-order valence-electron chi connectivity index (χ3n) is 4.61. The lowest BCUT2D eigenvalue weighted by Gasteiger charge is -2.33. The van der Waals surface area contributed by atoms with Crippen molar-refractivity contribution in [2.75, 3.05) is 4.90 Å². The third-order valence-corrected chi connectivity index (χ3v) is 4.93. The van der Waals surface area contributed by atoms with Crippen molar-refractivity contribution in [3.8, 4) is 6.07 Å². The molecule has 1 N–H and O–H groups in total. The molecular weight excluding hydrogens is 288 g/mol. The Hall–Kier alpha value is -1.57. The van der Waals surface area contributed by atoms with Gasteiger partial charge in [-0.25, -0.2) is 0 Å². The van der Waals surface area contributed by atoms with Crippen LogP contribution in [-0.4, -0.2) is 22.7 Å². The standard InChI is InChI=1S/C16H17ClN2O2/c1-2-14-16(21,11-4-5-11)8-15(20)19(14)12-6-3-10(9-18)13(17)7-12/h3,6-7,11,14,21H,2,4-5,8H2,1H3. The largest absolute Gasteiger partial charge is 0.387 e. The van der Waals surface area contributed by atoms with Crippen LogP contribution in [0.25, 0.3) is 0 Å². The summed E-state index contributed by atoms with van der Waals surface area (Å²) in [6, 6.07) is 6.77. The van der Waals surface area contributed by atoms with Crippen LogP contribution in [0.15, 0.2) is 18.2 Å². The summed E-state index contributed by atoms with van der Waals surface area (Å²) in [5.41, 5.74) is 0.122. The maximum atomic E-state index is 12.4. The zero-order chi connectivity index (χ0) is 15.2. The van der Waals surface area contributed by atoms with Gasteiger partial charge in [-0.3, -0.25) is 4.79 Å². The zero-order valence-electron chi connectivity index (χ0n) is 11.8. The smallest absolute Gasteiger partial charge is 0.230 e. The second-order valence-electron chi connectivity index (χ2n) is 5.91. The van der Waals surface area contributed by atoms with Crippen molar-refractivity contribution >= 4 is 23.2 Å². The number of hydrogen-bond acceptors (Lipinski definition) is 3. The highest BCUT2D eigenvalue weighted by molar-refractivity contribution is 6.32. The second-order valence-corrected chi connectivity index (χ2v) is 6.31. The number of nitriles is 1. The summed E-state index contributed by atoms with van der Waals surface area (Å²) in [7, 11) is 0. The lowest BCUT2D eigenvalue weighted by atomic mass is 9.87. The molecule has 0 radical (unpaired) electrons. The molecule has 1 aromatic carbocycles. The maximum Gasteiger partial charge on any atom is 0.230 e. The number of benzene rings is 1. The molecule has 2 fully saturated rings. The van der Waals surface area contributed by atoms with E-state index in [-0.39, 0.29) is 24.3 Å². The van der Waals surface area contributed by atoms with E-state index < -0.39 is 5.60 Å². The molecule has 3 rings (SSSR count). The molecule has 1 saturated heterocycles. The normalized spacial score (nSPS) is 28.8. The van der Waals surface area contributed by atoms with Crippen molar-refractivity contribution < 1.29 is 9.90 Å². The van der Waals surface area contributed by atoms with Crippen molar-refractivity contribution in [2.45, 2.75) is 44.2 Å². The van der Waals surface area contributed by atoms with E-state index in [0.717, 1.165) is 12.8 Å². The van der Waals surface area contributed by atoms with Crippen LogP contribution in [0.3, 0.4) is 0 Å². The molecule has 0 spiro atoms. The molecule has 2 aliphatic rings. The lowest BCUT2D eigenvalue weighted by molar-refractivity contribution is -0.118. The molecule has 1 aliphatic heterocycles. The van der Waals surface area contributed by atoms with E-state index in [0.29, 0.717) is 22.7 Å². The Morgan fingerprint density at radius 1 is 1.52 bits per heavy atom. The van der Waals surface area contributed by atoms with Crippen molar-refractivity contribution in [3.63, 3.8) is 0 Å². The summed E-state index contributed by atoms with van der Waals surface area (Å²) in [6.45, 7) is 1.98. The molecular formula is C16H17ClN2O2. The summed E-state index contributed by atoms with van der Waals surface area (Å²) in [5.74, 6) is 0.155. The van der Waals surface area contributed by atoms with E-state index in [9.17, 15) is 9.90 Å². The predicted molar refractivity (Wildman–Crippen MR) is 80.0 cm³/mol. The molecule has 2 unspecified atom stereocenters. The van der Waals surface area contributed by atoms with Crippen LogP contribution in [0.1, 0.15) is 38.2 Å². The Bertz CT molecular complexity index is 636. The van der Waals surface area contributed by atoms with Gasteiger partial charge in [-0.05, 0) is 43.4 Å². The van der Waals surface area contributed by atoms with Crippen LogP contribution >= 0.6 is 11.6 Å². The average Bonchev–Trinajstić information content (AvgIpc) is 3.25. The SMILES string of the molecule is CCC1N(c2ccc(C#N)c(Cl)c2)C(=O)CC1(O)C1CC1. The Morgan fingerprint density at radius 2 is 2.24 bits per heavy atom. The minimum absolute atomic E-state index is 0.0722. The van der Waals surface area contributed by atoms with Gasteiger partial charge in [-0.15, -0.1) is 0 Å². The molecule has 0 bridgehead atoms.